The second-order valence-electron chi connectivity index (χ2n) is 7.72. The molecule has 0 spiro atoms. The molecule has 7 nitrogen and oxygen atoms in total. The van der Waals surface area contributed by atoms with Gasteiger partial charge in [0.15, 0.2) is 0 Å². The van der Waals surface area contributed by atoms with Crippen molar-refractivity contribution in [2.45, 2.75) is 52.0 Å². The smallest absolute Gasteiger partial charge is 0.411 e. The van der Waals surface area contributed by atoms with Crippen molar-refractivity contribution < 1.29 is 24.2 Å². The van der Waals surface area contributed by atoms with E-state index in [2.05, 4.69) is 0 Å². The molecule has 0 saturated carbocycles. The van der Waals surface area contributed by atoms with E-state index in [0.717, 1.165) is 5.56 Å². The van der Waals surface area contributed by atoms with Crippen molar-refractivity contribution in [3.63, 3.8) is 0 Å². The predicted molar refractivity (Wildman–Crippen MR) is 101 cm³/mol. The first kappa shape index (κ1) is 21.2. The number of hydrogen-bond donors (Lipinski definition) is 1. The normalized spacial score (nSPS) is 19.1. The van der Waals surface area contributed by atoms with Crippen molar-refractivity contribution in [1.82, 2.24) is 9.80 Å². The maximum atomic E-state index is 12.7. The second kappa shape index (κ2) is 9.19. The summed E-state index contributed by atoms with van der Waals surface area (Å²) in [4.78, 5) is 28.1. The summed E-state index contributed by atoms with van der Waals surface area (Å²) in [6.45, 7) is 8.20. The van der Waals surface area contributed by atoms with E-state index in [1.165, 1.54) is 4.90 Å². The molecule has 1 aliphatic rings. The van der Waals surface area contributed by atoms with Gasteiger partial charge in [0, 0.05) is 13.1 Å². The van der Waals surface area contributed by atoms with Gasteiger partial charge in [-0.1, -0.05) is 30.3 Å². The van der Waals surface area contributed by atoms with Crippen LogP contribution in [-0.2, 0) is 20.9 Å². The van der Waals surface area contributed by atoms with Crippen molar-refractivity contribution >= 4 is 12.0 Å². The number of rotatable bonds is 6. The largest absolute Gasteiger partial charge is 0.444 e. The quantitative estimate of drug-likeness (QED) is 0.819. The Morgan fingerprint density at radius 2 is 1.93 bits per heavy atom. The lowest BCUT2D eigenvalue weighted by atomic mass is 10.1. The number of piperazine rings is 1. The van der Waals surface area contributed by atoms with Crippen LogP contribution in [-0.4, -0.2) is 70.9 Å². The summed E-state index contributed by atoms with van der Waals surface area (Å²) in [5, 5.41) is 9.73. The summed E-state index contributed by atoms with van der Waals surface area (Å²) in [5.41, 5.74) is 0.416. The van der Waals surface area contributed by atoms with Crippen LogP contribution >= 0.6 is 0 Å². The Balaban J connectivity index is 1.92. The molecule has 2 amide bonds. The van der Waals surface area contributed by atoms with Crippen LogP contribution in [0, 0.1) is 0 Å². The number of benzene rings is 1. The number of amides is 2. The minimum atomic E-state index is -0.642. The number of ether oxygens (including phenoxy) is 2. The Bertz CT molecular complexity index is 629. The van der Waals surface area contributed by atoms with Gasteiger partial charge in [0.2, 0.25) is 5.91 Å². The molecule has 0 bridgehead atoms. The number of hydrogen-bond acceptors (Lipinski definition) is 5. The van der Waals surface area contributed by atoms with E-state index in [9.17, 15) is 14.7 Å². The van der Waals surface area contributed by atoms with Crippen molar-refractivity contribution in [1.29, 1.82) is 0 Å². The summed E-state index contributed by atoms with van der Waals surface area (Å²) in [6.07, 6.45) is -0.496. The number of carbonyl (C=O) groups excluding carboxylic acids is 2. The molecule has 150 valence electrons. The van der Waals surface area contributed by atoms with Crippen LogP contribution in [0.3, 0.4) is 0 Å². The maximum absolute atomic E-state index is 12.7. The molecular formula is C20H30N2O5. The highest BCUT2D eigenvalue weighted by Gasteiger charge is 2.39. The van der Waals surface area contributed by atoms with Crippen LogP contribution in [0.1, 0.15) is 33.3 Å². The molecule has 2 rings (SSSR count). The van der Waals surface area contributed by atoms with Gasteiger partial charge < -0.3 is 19.5 Å². The van der Waals surface area contributed by atoms with E-state index in [4.69, 9.17) is 9.47 Å². The van der Waals surface area contributed by atoms with E-state index in [1.54, 1.807) is 32.6 Å². The molecule has 27 heavy (non-hydrogen) atoms. The SMILES string of the molecule is C[C@H]1C(=O)N([C@H](CO)COCc2ccccc2)CCN1C(=O)OC(C)(C)C. The zero-order valence-corrected chi connectivity index (χ0v) is 16.6. The fraction of sp³-hybridized carbons (Fsp3) is 0.600. The Kier molecular flexibility index (Phi) is 7.21. The van der Waals surface area contributed by atoms with Gasteiger partial charge in [-0.25, -0.2) is 4.79 Å². The monoisotopic (exact) mass is 378 g/mol. The molecule has 2 atom stereocenters. The van der Waals surface area contributed by atoms with E-state index in [0.29, 0.717) is 19.7 Å². The lowest BCUT2D eigenvalue weighted by molar-refractivity contribution is -0.146. The zero-order chi connectivity index (χ0) is 20.0. The molecule has 0 unspecified atom stereocenters. The molecular weight excluding hydrogens is 348 g/mol. The minimum Gasteiger partial charge on any atom is -0.444 e. The maximum Gasteiger partial charge on any atom is 0.411 e. The number of aliphatic hydroxyl groups is 1. The third kappa shape index (κ3) is 5.94. The van der Waals surface area contributed by atoms with Gasteiger partial charge in [-0.15, -0.1) is 0 Å². The van der Waals surface area contributed by atoms with Gasteiger partial charge in [-0.3, -0.25) is 9.69 Å². The van der Waals surface area contributed by atoms with Crippen LogP contribution in [0.15, 0.2) is 30.3 Å². The molecule has 1 aliphatic heterocycles. The Labute approximate surface area is 160 Å². The van der Waals surface area contributed by atoms with E-state index in [1.807, 2.05) is 30.3 Å². The lowest BCUT2D eigenvalue weighted by Crippen LogP contribution is -2.61. The van der Waals surface area contributed by atoms with Crippen LogP contribution < -0.4 is 0 Å². The topological polar surface area (TPSA) is 79.3 Å². The van der Waals surface area contributed by atoms with Crippen LogP contribution in [0.5, 0.6) is 0 Å². The predicted octanol–water partition coefficient (Wildman–Crippen LogP) is 2.03. The molecule has 0 aromatic heterocycles. The summed E-state index contributed by atoms with van der Waals surface area (Å²) in [6, 6.07) is 8.64. The van der Waals surface area contributed by atoms with Gasteiger partial charge in [-0.2, -0.15) is 0 Å². The van der Waals surface area contributed by atoms with Gasteiger partial charge in [-0.05, 0) is 33.3 Å². The first-order chi connectivity index (χ1) is 12.7. The van der Waals surface area contributed by atoms with Crippen LogP contribution in [0.2, 0.25) is 0 Å². The molecule has 1 saturated heterocycles. The van der Waals surface area contributed by atoms with Gasteiger partial charge in [0.1, 0.15) is 11.6 Å². The summed E-state index contributed by atoms with van der Waals surface area (Å²) in [7, 11) is 0. The summed E-state index contributed by atoms with van der Waals surface area (Å²) < 4.78 is 11.1. The van der Waals surface area contributed by atoms with E-state index < -0.39 is 23.8 Å². The Morgan fingerprint density at radius 1 is 1.26 bits per heavy atom. The van der Waals surface area contributed by atoms with Crippen LogP contribution in [0.4, 0.5) is 4.79 Å². The summed E-state index contributed by atoms with van der Waals surface area (Å²) in [5.74, 6) is -0.213. The standard InChI is InChI=1S/C20H30N2O5/c1-15-18(24)22(11-10-21(15)19(25)27-20(2,3)4)17(12-23)14-26-13-16-8-6-5-7-9-16/h5-9,15,17,23H,10-14H2,1-4H3/t15-,17+/m0/s1. The first-order valence-electron chi connectivity index (χ1n) is 9.25. The molecule has 0 radical (unpaired) electrons. The second-order valence-corrected chi connectivity index (χ2v) is 7.72. The van der Waals surface area contributed by atoms with Crippen molar-refractivity contribution in [2.24, 2.45) is 0 Å². The van der Waals surface area contributed by atoms with Gasteiger partial charge in [0.05, 0.1) is 25.9 Å². The van der Waals surface area contributed by atoms with Gasteiger partial charge in [0.25, 0.3) is 0 Å². The molecule has 7 heteroatoms. The van der Waals surface area contributed by atoms with Gasteiger partial charge >= 0.3 is 6.09 Å². The molecule has 0 aliphatic carbocycles. The molecule has 1 aromatic carbocycles. The van der Waals surface area contributed by atoms with Crippen molar-refractivity contribution in [3.05, 3.63) is 35.9 Å². The first-order valence-corrected chi connectivity index (χ1v) is 9.25. The third-order valence-electron chi connectivity index (χ3n) is 4.39. The highest BCUT2D eigenvalue weighted by Crippen LogP contribution is 2.18. The zero-order valence-electron chi connectivity index (χ0n) is 16.6. The average molecular weight is 378 g/mol. The average Bonchev–Trinajstić information content (AvgIpc) is 2.61. The molecule has 1 aromatic rings. The lowest BCUT2D eigenvalue weighted by Gasteiger charge is -2.42. The minimum absolute atomic E-state index is 0.195. The number of aliphatic hydroxyl groups excluding tert-OH is 1. The highest BCUT2D eigenvalue weighted by atomic mass is 16.6. The van der Waals surface area contributed by atoms with Crippen molar-refractivity contribution in [3.8, 4) is 0 Å². The Morgan fingerprint density at radius 3 is 2.52 bits per heavy atom. The van der Waals surface area contributed by atoms with Crippen LogP contribution in [0.25, 0.3) is 0 Å². The molecule has 1 heterocycles. The van der Waals surface area contributed by atoms with E-state index in [-0.39, 0.29) is 19.1 Å². The van der Waals surface area contributed by atoms with Crippen molar-refractivity contribution in [2.75, 3.05) is 26.3 Å². The molecule has 1 N–H and O–H groups in total. The highest BCUT2D eigenvalue weighted by molar-refractivity contribution is 5.86. The van der Waals surface area contributed by atoms with E-state index >= 15 is 0 Å². The molecule has 1 fully saturated rings. The summed E-state index contributed by atoms with van der Waals surface area (Å²) >= 11 is 0. The fourth-order valence-electron chi connectivity index (χ4n) is 2.95. The Hall–Kier alpha value is -2.12. The fourth-order valence-corrected chi connectivity index (χ4v) is 2.95. The number of nitrogens with zero attached hydrogens (tertiary/aromatic N) is 2. The third-order valence-corrected chi connectivity index (χ3v) is 4.39. The number of carbonyl (C=O) groups is 2.